The molecule has 0 unspecified atom stereocenters. The van der Waals surface area contributed by atoms with Crippen LogP contribution in [-0.4, -0.2) is 28.9 Å². The average molecular weight is 377 g/mol. The van der Waals surface area contributed by atoms with Crippen molar-refractivity contribution in [2.75, 3.05) is 18.8 Å². The van der Waals surface area contributed by atoms with E-state index in [0.29, 0.717) is 17.9 Å². The van der Waals surface area contributed by atoms with Gasteiger partial charge in [-0.1, -0.05) is 52.4 Å². The topological polar surface area (TPSA) is 59.2 Å². The second kappa shape index (κ2) is 13.7. The molecule has 119 valence electrons. The predicted molar refractivity (Wildman–Crippen MR) is 87.4 cm³/mol. The van der Waals surface area contributed by atoms with Crippen LogP contribution in [0.5, 0.6) is 0 Å². The van der Waals surface area contributed by atoms with Crippen molar-refractivity contribution in [2.45, 2.75) is 41.0 Å². The molecule has 0 spiro atoms. The molecule has 1 heterocycles. The van der Waals surface area contributed by atoms with E-state index in [1.807, 2.05) is 34.6 Å². The van der Waals surface area contributed by atoms with Gasteiger partial charge < -0.3 is 15.6 Å². The number of nitrogens with two attached hydrogens (primary N) is 1. The van der Waals surface area contributed by atoms with Gasteiger partial charge >= 0.3 is 0 Å². The maximum atomic E-state index is 11.9. The molecule has 0 bridgehead atoms. The van der Waals surface area contributed by atoms with Gasteiger partial charge in [0.1, 0.15) is 0 Å². The first kappa shape index (κ1) is 23.4. The quantitative estimate of drug-likeness (QED) is 0.649. The van der Waals surface area contributed by atoms with Gasteiger partial charge in [-0.25, -0.2) is 0 Å². The van der Waals surface area contributed by atoms with E-state index in [2.05, 4.69) is 22.9 Å². The Kier molecular flexibility index (Phi) is 14.6. The van der Waals surface area contributed by atoms with Crippen molar-refractivity contribution >= 4 is 11.6 Å². The van der Waals surface area contributed by atoms with Crippen LogP contribution < -0.4 is 5.73 Å². The molecule has 1 aromatic rings. The fourth-order valence-corrected chi connectivity index (χ4v) is 1.56. The second-order valence-corrected chi connectivity index (χ2v) is 4.60. The van der Waals surface area contributed by atoms with E-state index >= 15 is 0 Å². The van der Waals surface area contributed by atoms with Crippen LogP contribution in [0.1, 0.15) is 46.7 Å². The minimum Gasteiger partial charge on any atom is -0.418 e. The maximum absolute atomic E-state index is 11.9. The fourth-order valence-electron chi connectivity index (χ4n) is 1.56. The van der Waals surface area contributed by atoms with E-state index < -0.39 is 0 Å². The van der Waals surface area contributed by atoms with Crippen molar-refractivity contribution in [1.82, 2.24) is 9.88 Å². The molecule has 4 nitrogen and oxygen atoms in total. The number of hydrogen-bond acceptors (Lipinski definition) is 3. The number of amides is 1. The van der Waals surface area contributed by atoms with Crippen LogP contribution in [0.15, 0.2) is 12.3 Å². The summed E-state index contributed by atoms with van der Waals surface area (Å²) in [6.07, 6.45) is 2.45. The molecule has 0 atom stereocenters. The van der Waals surface area contributed by atoms with Gasteiger partial charge in [0.25, 0.3) is 0 Å². The summed E-state index contributed by atoms with van der Waals surface area (Å²) in [5, 5.41) is 0. The van der Waals surface area contributed by atoms with Crippen LogP contribution in [-0.2, 0) is 37.5 Å². The number of carbonyl (C=O) groups is 1. The van der Waals surface area contributed by atoms with Crippen LogP contribution in [0.25, 0.3) is 0 Å². The third-order valence-corrected chi connectivity index (χ3v) is 2.50. The van der Waals surface area contributed by atoms with Gasteiger partial charge in [-0.2, -0.15) is 6.07 Å². The minimum absolute atomic E-state index is 0. The molecule has 0 aliphatic carbocycles. The van der Waals surface area contributed by atoms with Crippen LogP contribution in [0.4, 0.5) is 5.69 Å². The molecular formula is C17H26N3OY-. The Hall–Kier alpha value is -0.916. The Morgan fingerprint density at radius 1 is 1.45 bits per heavy atom. The van der Waals surface area contributed by atoms with E-state index in [1.54, 1.807) is 11.0 Å². The number of anilines is 1. The third-order valence-electron chi connectivity index (χ3n) is 2.50. The molecule has 0 aromatic carbocycles. The van der Waals surface area contributed by atoms with Crippen LogP contribution in [0.2, 0.25) is 0 Å². The van der Waals surface area contributed by atoms with Gasteiger partial charge in [0.05, 0.1) is 6.54 Å². The van der Waals surface area contributed by atoms with E-state index in [4.69, 9.17) is 5.73 Å². The number of nitrogen functional groups attached to an aromatic ring is 1. The minimum atomic E-state index is -0.00340. The number of hydrogen-bond donors (Lipinski definition) is 1. The number of rotatable bonds is 4. The summed E-state index contributed by atoms with van der Waals surface area (Å²) in [6, 6.07) is 4.49. The average Bonchev–Trinajstić information content (AvgIpc) is 2.49. The van der Waals surface area contributed by atoms with Gasteiger partial charge in [-0.3, -0.25) is 4.79 Å². The van der Waals surface area contributed by atoms with Gasteiger partial charge in [-0.15, -0.1) is 12.0 Å². The van der Waals surface area contributed by atoms with E-state index in [0.717, 1.165) is 13.0 Å². The standard InChI is InChI=1S/C15H20N3O.C2H6.Y/c1-4-9-18(15(19)12(2)3)10-5-6-14-8-7-13(16)11-17-14;1-2;/h8,11-12H,4,9-10,16H2,1-3H3;1-2H3;/q-1;;. The van der Waals surface area contributed by atoms with Crippen molar-refractivity contribution in [1.29, 1.82) is 0 Å². The summed E-state index contributed by atoms with van der Waals surface area (Å²) in [5.41, 5.74) is 6.60. The predicted octanol–water partition coefficient (Wildman–Crippen LogP) is 2.73. The van der Waals surface area contributed by atoms with Crippen molar-refractivity contribution in [2.24, 2.45) is 5.92 Å². The molecule has 2 N–H and O–H groups in total. The zero-order valence-electron chi connectivity index (χ0n) is 14.3. The van der Waals surface area contributed by atoms with E-state index in [9.17, 15) is 4.79 Å². The first-order valence-electron chi connectivity index (χ1n) is 7.45. The molecule has 1 radical (unpaired) electrons. The first-order valence-corrected chi connectivity index (χ1v) is 7.45. The summed E-state index contributed by atoms with van der Waals surface area (Å²) in [7, 11) is 0. The maximum Gasteiger partial charge on any atom is 0.225 e. The molecule has 1 amide bonds. The Balaban J connectivity index is 0. The monoisotopic (exact) mass is 377 g/mol. The van der Waals surface area contributed by atoms with Crippen molar-refractivity contribution < 1.29 is 37.5 Å². The van der Waals surface area contributed by atoms with E-state index in [-0.39, 0.29) is 44.5 Å². The normalized spacial score (nSPS) is 8.82. The molecule has 0 saturated carbocycles. The molecule has 0 aliphatic heterocycles. The Labute approximate surface area is 160 Å². The molecule has 1 aromatic heterocycles. The van der Waals surface area contributed by atoms with Gasteiger partial charge in [0.15, 0.2) is 0 Å². The van der Waals surface area contributed by atoms with Gasteiger partial charge in [-0.05, 0) is 12.1 Å². The second-order valence-electron chi connectivity index (χ2n) is 4.60. The number of pyridine rings is 1. The van der Waals surface area contributed by atoms with Crippen LogP contribution >= 0.6 is 0 Å². The Morgan fingerprint density at radius 2 is 2.09 bits per heavy atom. The first-order chi connectivity index (χ1) is 10.0. The number of aromatic nitrogens is 1. The smallest absolute Gasteiger partial charge is 0.225 e. The molecule has 22 heavy (non-hydrogen) atoms. The Morgan fingerprint density at radius 3 is 2.55 bits per heavy atom. The molecular weight excluding hydrogens is 351 g/mol. The summed E-state index contributed by atoms with van der Waals surface area (Å²) in [6.45, 7) is 11.0. The molecule has 5 heteroatoms. The van der Waals surface area contributed by atoms with Crippen molar-refractivity contribution in [3.8, 4) is 11.8 Å². The summed E-state index contributed by atoms with van der Waals surface area (Å²) in [5.74, 6) is 6.02. The SMILES string of the molecule is CC.CCCN(CC#Cc1c[c-]c(N)cn1)C(=O)C(C)C.[Y]. The fraction of sp³-hybridized carbons (Fsp3) is 0.529. The zero-order chi connectivity index (χ0) is 16.3. The Bertz CT molecular complexity index is 475. The van der Waals surface area contributed by atoms with E-state index in [1.165, 1.54) is 6.20 Å². The number of carbonyl (C=O) groups excluding carboxylic acids is 1. The molecule has 0 fully saturated rings. The molecule has 0 aliphatic rings. The molecule has 0 saturated heterocycles. The summed E-state index contributed by atoms with van der Waals surface area (Å²) in [4.78, 5) is 17.8. The van der Waals surface area contributed by atoms with Crippen LogP contribution in [0, 0.1) is 23.8 Å². The third kappa shape index (κ3) is 9.17. The summed E-state index contributed by atoms with van der Waals surface area (Å²) < 4.78 is 0. The van der Waals surface area contributed by atoms with Gasteiger partial charge in [0, 0.05) is 45.2 Å². The van der Waals surface area contributed by atoms with Crippen molar-refractivity contribution in [3.05, 3.63) is 24.0 Å². The summed E-state index contributed by atoms with van der Waals surface area (Å²) >= 11 is 0. The number of nitrogens with zero attached hydrogens (tertiary/aromatic N) is 2. The van der Waals surface area contributed by atoms with Crippen molar-refractivity contribution in [3.63, 3.8) is 0 Å². The largest absolute Gasteiger partial charge is 0.418 e. The van der Waals surface area contributed by atoms with Crippen LogP contribution in [0.3, 0.4) is 0 Å². The zero-order valence-corrected chi connectivity index (χ0v) is 17.1. The molecule has 1 rings (SSSR count). The van der Waals surface area contributed by atoms with Gasteiger partial charge in [0.2, 0.25) is 5.91 Å².